The summed E-state index contributed by atoms with van der Waals surface area (Å²) in [5.41, 5.74) is 2.73. The second-order valence-electron chi connectivity index (χ2n) is 8.03. The number of piperidine rings is 1. The number of methoxy groups -OCH3 is 1. The van der Waals surface area contributed by atoms with Crippen LogP contribution >= 0.6 is 0 Å². The summed E-state index contributed by atoms with van der Waals surface area (Å²) in [5, 5.41) is 4.21. The standard InChI is InChI=1S/C24H27N3O3/c1-16(2)17-10-12-18(13-11-17)24(28)27-14-6-7-19(15-27)22-25-23(30-26-22)20-8-4-5-9-21(20)29-3/h4-5,8-13,16,19H,6-7,14-15H2,1-3H3/t19-/m1/s1. The second kappa shape index (κ2) is 8.69. The SMILES string of the molecule is COc1ccccc1-c1nc([C@@H]2CCCN(C(=O)c3ccc(C(C)C)cc3)C2)no1. The first-order valence-electron chi connectivity index (χ1n) is 10.4. The lowest BCUT2D eigenvalue weighted by molar-refractivity contribution is 0.0703. The number of para-hydroxylation sites is 1. The maximum Gasteiger partial charge on any atom is 0.261 e. The molecule has 3 aromatic rings. The lowest BCUT2D eigenvalue weighted by Gasteiger charge is -2.31. The lowest BCUT2D eigenvalue weighted by Crippen LogP contribution is -2.39. The van der Waals surface area contributed by atoms with E-state index in [-0.39, 0.29) is 11.8 Å². The van der Waals surface area contributed by atoms with Gasteiger partial charge >= 0.3 is 0 Å². The molecule has 1 aromatic heterocycles. The highest BCUT2D eigenvalue weighted by molar-refractivity contribution is 5.94. The number of aromatic nitrogens is 2. The van der Waals surface area contributed by atoms with Gasteiger partial charge in [0.2, 0.25) is 0 Å². The Hall–Kier alpha value is -3.15. The van der Waals surface area contributed by atoms with Crippen molar-refractivity contribution in [3.05, 3.63) is 65.5 Å². The van der Waals surface area contributed by atoms with Gasteiger partial charge < -0.3 is 14.2 Å². The number of nitrogens with zero attached hydrogens (tertiary/aromatic N) is 3. The number of carbonyl (C=O) groups is 1. The highest BCUT2D eigenvalue weighted by Crippen LogP contribution is 2.31. The molecule has 0 aliphatic carbocycles. The Morgan fingerprint density at radius 2 is 1.93 bits per heavy atom. The van der Waals surface area contributed by atoms with Crippen LogP contribution in [-0.4, -0.2) is 41.1 Å². The van der Waals surface area contributed by atoms with Crippen molar-refractivity contribution in [2.24, 2.45) is 0 Å². The minimum absolute atomic E-state index is 0.0588. The number of ether oxygens (including phenoxy) is 1. The van der Waals surface area contributed by atoms with Crippen molar-refractivity contribution in [3.63, 3.8) is 0 Å². The van der Waals surface area contributed by atoms with E-state index in [9.17, 15) is 4.79 Å². The van der Waals surface area contributed by atoms with Gasteiger partial charge in [0.15, 0.2) is 5.82 Å². The van der Waals surface area contributed by atoms with Crippen LogP contribution in [0.25, 0.3) is 11.5 Å². The van der Waals surface area contributed by atoms with E-state index in [1.807, 2.05) is 53.4 Å². The quantitative estimate of drug-likeness (QED) is 0.605. The van der Waals surface area contributed by atoms with Crippen molar-refractivity contribution in [2.75, 3.05) is 20.2 Å². The van der Waals surface area contributed by atoms with Gasteiger partial charge in [-0.1, -0.05) is 43.3 Å². The molecular formula is C24H27N3O3. The van der Waals surface area contributed by atoms with Crippen molar-refractivity contribution in [2.45, 2.75) is 38.5 Å². The summed E-state index contributed by atoms with van der Waals surface area (Å²) in [6.07, 6.45) is 1.85. The molecule has 0 saturated carbocycles. The number of amides is 1. The van der Waals surface area contributed by atoms with E-state index in [1.54, 1.807) is 7.11 Å². The van der Waals surface area contributed by atoms with Crippen LogP contribution in [0.1, 0.15) is 60.3 Å². The van der Waals surface area contributed by atoms with E-state index in [0.717, 1.165) is 30.5 Å². The average Bonchev–Trinajstić information content (AvgIpc) is 3.29. The first-order valence-corrected chi connectivity index (χ1v) is 10.4. The fraction of sp³-hybridized carbons (Fsp3) is 0.375. The van der Waals surface area contributed by atoms with Crippen molar-refractivity contribution in [1.29, 1.82) is 0 Å². The molecule has 2 heterocycles. The van der Waals surface area contributed by atoms with Crippen molar-refractivity contribution < 1.29 is 14.1 Å². The Balaban J connectivity index is 1.49. The smallest absolute Gasteiger partial charge is 0.261 e. The molecule has 4 rings (SSSR count). The first-order chi connectivity index (χ1) is 14.6. The Morgan fingerprint density at radius 3 is 2.67 bits per heavy atom. The summed E-state index contributed by atoms with van der Waals surface area (Å²) in [6, 6.07) is 15.5. The van der Waals surface area contributed by atoms with Crippen LogP contribution in [0.3, 0.4) is 0 Å². The molecule has 30 heavy (non-hydrogen) atoms. The number of carbonyl (C=O) groups excluding carboxylic acids is 1. The van der Waals surface area contributed by atoms with Crippen molar-refractivity contribution in [1.82, 2.24) is 15.0 Å². The van der Waals surface area contributed by atoms with Crippen molar-refractivity contribution in [3.8, 4) is 17.2 Å². The zero-order valence-electron chi connectivity index (χ0n) is 17.7. The summed E-state index contributed by atoms with van der Waals surface area (Å²) < 4.78 is 10.9. The molecule has 2 aromatic carbocycles. The molecular weight excluding hydrogens is 378 g/mol. The third-order valence-electron chi connectivity index (χ3n) is 5.68. The second-order valence-corrected chi connectivity index (χ2v) is 8.03. The molecule has 1 fully saturated rings. The number of likely N-dealkylation sites (tertiary alicyclic amines) is 1. The van der Waals surface area contributed by atoms with Crippen LogP contribution in [0.15, 0.2) is 53.1 Å². The predicted molar refractivity (Wildman–Crippen MR) is 115 cm³/mol. The molecule has 1 aliphatic rings. The molecule has 6 nitrogen and oxygen atoms in total. The van der Waals surface area contributed by atoms with Crippen LogP contribution in [0, 0.1) is 0 Å². The molecule has 6 heteroatoms. The minimum Gasteiger partial charge on any atom is -0.496 e. The van der Waals surface area contributed by atoms with Gasteiger partial charge in [-0.3, -0.25) is 4.79 Å². The molecule has 1 saturated heterocycles. The average molecular weight is 405 g/mol. The predicted octanol–water partition coefficient (Wildman–Crippen LogP) is 4.89. The van der Waals surface area contributed by atoms with E-state index in [2.05, 4.69) is 24.0 Å². The summed E-state index contributed by atoms with van der Waals surface area (Å²) >= 11 is 0. The highest BCUT2D eigenvalue weighted by atomic mass is 16.5. The van der Waals surface area contributed by atoms with Gasteiger partial charge in [0.25, 0.3) is 11.8 Å². The Kier molecular flexibility index (Phi) is 5.84. The largest absolute Gasteiger partial charge is 0.496 e. The van der Waals surface area contributed by atoms with Gasteiger partial charge in [-0.05, 0) is 48.6 Å². The third-order valence-corrected chi connectivity index (χ3v) is 5.68. The first kappa shape index (κ1) is 20.1. The molecule has 0 spiro atoms. The molecule has 1 aliphatic heterocycles. The molecule has 0 N–H and O–H groups in total. The lowest BCUT2D eigenvalue weighted by atomic mass is 9.96. The van der Waals surface area contributed by atoms with Crippen LogP contribution in [0.2, 0.25) is 0 Å². The number of hydrogen-bond donors (Lipinski definition) is 0. The van der Waals surface area contributed by atoms with E-state index >= 15 is 0 Å². The van der Waals surface area contributed by atoms with Gasteiger partial charge in [-0.2, -0.15) is 4.98 Å². The fourth-order valence-electron chi connectivity index (χ4n) is 3.90. The Labute approximate surface area is 176 Å². The third kappa shape index (κ3) is 4.08. The summed E-state index contributed by atoms with van der Waals surface area (Å²) in [5.74, 6) is 2.34. The van der Waals surface area contributed by atoms with E-state index in [0.29, 0.717) is 29.9 Å². The van der Waals surface area contributed by atoms with Crippen LogP contribution in [-0.2, 0) is 0 Å². The molecule has 1 amide bonds. The molecule has 1 atom stereocenters. The van der Waals surface area contributed by atoms with Crippen LogP contribution in [0.4, 0.5) is 0 Å². The topological polar surface area (TPSA) is 68.5 Å². The number of hydrogen-bond acceptors (Lipinski definition) is 5. The number of benzene rings is 2. The van der Waals surface area contributed by atoms with E-state index in [1.165, 1.54) is 5.56 Å². The van der Waals surface area contributed by atoms with Gasteiger partial charge in [0.1, 0.15) is 5.75 Å². The Bertz CT molecular complexity index is 1010. The van der Waals surface area contributed by atoms with Gasteiger partial charge in [-0.25, -0.2) is 0 Å². The maximum atomic E-state index is 13.0. The normalized spacial score (nSPS) is 16.7. The highest BCUT2D eigenvalue weighted by Gasteiger charge is 2.29. The zero-order chi connectivity index (χ0) is 21.1. The monoisotopic (exact) mass is 405 g/mol. The van der Waals surface area contributed by atoms with Crippen molar-refractivity contribution >= 4 is 5.91 Å². The van der Waals surface area contributed by atoms with E-state index in [4.69, 9.17) is 9.26 Å². The van der Waals surface area contributed by atoms with Gasteiger partial charge in [0.05, 0.1) is 12.7 Å². The molecule has 0 radical (unpaired) electrons. The zero-order valence-corrected chi connectivity index (χ0v) is 17.7. The van der Waals surface area contributed by atoms with Crippen LogP contribution in [0.5, 0.6) is 5.75 Å². The van der Waals surface area contributed by atoms with E-state index < -0.39 is 0 Å². The van der Waals surface area contributed by atoms with Gasteiger partial charge in [0, 0.05) is 24.6 Å². The Morgan fingerprint density at radius 1 is 1.17 bits per heavy atom. The fourth-order valence-corrected chi connectivity index (χ4v) is 3.90. The summed E-state index contributed by atoms with van der Waals surface area (Å²) in [4.78, 5) is 19.5. The summed E-state index contributed by atoms with van der Waals surface area (Å²) in [7, 11) is 1.62. The minimum atomic E-state index is 0.0588. The molecule has 156 valence electrons. The molecule has 0 bridgehead atoms. The summed E-state index contributed by atoms with van der Waals surface area (Å²) in [6.45, 7) is 5.64. The maximum absolute atomic E-state index is 13.0. The van der Waals surface area contributed by atoms with Gasteiger partial charge in [-0.15, -0.1) is 0 Å². The van der Waals surface area contributed by atoms with Crippen LogP contribution < -0.4 is 4.74 Å². The molecule has 0 unspecified atom stereocenters. The number of rotatable bonds is 5.